The highest BCUT2D eigenvalue weighted by atomic mass is 35.5. The quantitative estimate of drug-likeness (QED) is 0.161. The first-order valence-corrected chi connectivity index (χ1v) is 11.8. The van der Waals surface area contributed by atoms with Crippen molar-refractivity contribution < 1.29 is 24.0 Å². The van der Waals surface area contributed by atoms with Crippen molar-refractivity contribution in [2.24, 2.45) is 0 Å². The zero-order chi connectivity index (χ0) is 26.4. The standard InChI is InChI=1S/C24H25ClN4O6S/c1-4-28-14(2)20(23(31)35-12-11-34-3)21(27-24(28)36)15-5-8-17(9-6-15)26-22(30)16-7-10-18(25)19(13-16)29(32)33/h5-10,13,21H,4,11-12H2,1-3H3,(H,26,30)(H,27,36)/t21-/m0/s1. The summed E-state index contributed by atoms with van der Waals surface area (Å²) in [6.45, 7) is 4.71. The van der Waals surface area contributed by atoms with Crippen molar-refractivity contribution in [3.05, 3.63) is 80.0 Å². The molecule has 10 nitrogen and oxygen atoms in total. The Morgan fingerprint density at radius 3 is 2.53 bits per heavy atom. The van der Waals surface area contributed by atoms with E-state index in [0.29, 0.717) is 28.6 Å². The Kier molecular flexibility index (Phi) is 8.97. The van der Waals surface area contributed by atoms with E-state index >= 15 is 0 Å². The van der Waals surface area contributed by atoms with E-state index in [4.69, 9.17) is 33.3 Å². The van der Waals surface area contributed by atoms with Crippen molar-refractivity contribution >= 4 is 52.2 Å². The Hall–Kier alpha value is -3.54. The number of hydrogen-bond donors (Lipinski definition) is 2. The third-order valence-electron chi connectivity index (χ3n) is 5.56. The van der Waals surface area contributed by atoms with Crippen LogP contribution in [0.3, 0.4) is 0 Å². The third-order valence-corrected chi connectivity index (χ3v) is 6.22. The van der Waals surface area contributed by atoms with Crippen LogP contribution in [-0.2, 0) is 14.3 Å². The lowest BCUT2D eigenvalue weighted by Crippen LogP contribution is -2.47. The van der Waals surface area contributed by atoms with Gasteiger partial charge in [-0.3, -0.25) is 14.9 Å². The van der Waals surface area contributed by atoms with Crippen LogP contribution in [0.2, 0.25) is 5.02 Å². The highest BCUT2D eigenvalue weighted by Crippen LogP contribution is 2.32. The number of hydrogen-bond acceptors (Lipinski definition) is 7. The van der Waals surface area contributed by atoms with Crippen LogP contribution in [0, 0.1) is 10.1 Å². The molecule has 0 bridgehead atoms. The van der Waals surface area contributed by atoms with Gasteiger partial charge in [-0.2, -0.15) is 0 Å². The Morgan fingerprint density at radius 1 is 1.22 bits per heavy atom. The molecule has 0 saturated carbocycles. The molecule has 2 aromatic carbocycles. The minimum atomic E-state index is -0.650. The summed E-state index contributed by atoms with van der Waals surface area (Å²) < 4.78 is 10.3. The average molecular weight is 533 g/mol. The van der Waals surface area contributed by atoms with Gasteiger partial charge in [-0.1, -0.05) is 23.7 Å². The monoisotopic (exact) mass is 532 g/mol. The molecule has 0 saturated heterocycles. The number of carbonyl (C=O) groups excluding carboxylic acids is 2. The molecule has 0 fully saturated rings. The minimum Gasteiger partial charge on any atom is -0.460 e. The molecule has 12 heteroatoms. The molecule has 1 aliphatic heterocycles. The number of halogens is 1. The molecule has 36 heavy (non-hydrogen) atoms. The van der Waals surface area contributed by atoms with Gasteiger partial charge in [0.1, 0.15) is 11.6 Å². The molecule has 1 atom stereocenters. The number of ether oxygens (including phenoxy) is 2. The Morgan fingerprint density at radius 2 is 1.92 bits per heavy atom. The maximum atomic E-state index is 12.9. The Labute approximate surface area is 218 Å². The summed E-state index contributed by atoms with van der Waals surface area (Å²) in [4.78, 5) is 37.8. The van der Waals surface area contributed by atoms with Crippen LogP contribution in [0.5, 0.6) is 0 Å². The predicted octanol–water partition coefficient (Wildman–Crippen LogP) is 4.22. The minimum absolute atomic E-state index is 0.0552. The normalized spacial score (nSPS) is 15.4. The lowest BCUT2D eigenvalue weighted by Gasteiger charge is -2.37. The van der Waals surface area contributed by atoms with E-state index in [9.17, 15) is 19.7 Å². The van der Waals surface area contributed by atoms with E-state index in [0.717, 1.165) is 11.6 Å². The van der Waals surface area contributed by atoms with Crippen LogP contribution in [-0.4, -0.2) is 53.7 Å². The largest absolute Gasteiger partial charge is 0.460 e. The number of benzene rings is 2. The molecule has 0 spiro atoms. The van der Waals surface area contributed by atoms with Gasteiger partial charge in [-0.05, 0) is 55.9 Å². The van der Waals surface area contributed by atoms with Crippen LogP contribution in [0.1, 0.15) is 35.8 Å². The van der Waals surface area contributed by atoms with Crippen LogP contribution in [0.15, 0.2) is 53.7 Å². The fraction of sp³-hybridized carbons (Fsp3) is 0.292. The average Bonchev–Trinajstić information content (AvgIpc) is 2.84. The van der Waals surface area contributed by atoms with Crippen molar-refractivity contribution in [2.45, 2.75) is 19.9 Å². The maximum Gasteiger partial charge on any atom is 0.338 e. The van der Waals surface area contributed by atoms with Crippen LogP contribution < -0.4 is 10.6 Å². The van der Waals surface area contributed by atoms with E-state index in [-0.39, 0.29) is 29.5 Å². The molecule has 1 aliphatic rings. The van der Waals surface area contributed by atoms with Gasteiger partial charge in [0.15, 0.2) is 5.11 Å². The number of thiocarbonyl (C=S) groups is 1. The van der Waals surface area contributed by atoms with Gasteiger partial charge < -0.3 is 25.0 Å². The number of rotatable bonds is 9. The topological polar surface area (TPSA) is 123 Å². The summed E-state index contributed by atoms with van der Waals surface area (Å²) in [6.07, 6.45) is 0. The van der Waals surface area contributed by atoms with Crippen molar-refractivity contribution in [1.82, 2.24) is 10.2 Å². The van der Waals surface area contributed by atoms with Gasteiger partial charge in [-0.25, -0.2) is 4.79 Å². The Bertz CT molecular complexity index is 1220. The summed E-state index contributed by atoms with van der Waals surface area (Å²) in [5.41, 5.74) is 2.04. The number of anilines is 1. The van der Waals surface area contributed by atoms with E-state index < -0.39 is 22.8 Å². The number of nitro groups is 1. The number of carbonyl (C=O) groups is 2. The van der Waals surface area contributed by atoms with Gasteiger partial charge in [0.2, 0.25) is 0 Å². The summed E-state index contributed by atoms with van der Waals surface area (Å²) in [5.74, 6) is -1.01. The molecule has 2 N–H and O–H groups in total. The van der Waals surface area contributed by atoms with E-state index in [1.165, 1.54) is 19.2 Å². The molecular weight excluding hydrogens is 508 g/mol. The van der Waals surface area contributed by atoms with Crippen molar-refractivity contribution in [1.29, 1.82) is 0 Å². The van der Waals surface area contributed by atoms with E-state index in [2.05, 4.69) is 10.6 Å². The zero-order valence-electron chi connectivity index (χ0n) is 19.9. The molecule has 1 amide bonds. The fourth-order valence-corrected chi connectivity index (χ4v) is 4.30. The van der Waals surface area contributed by atoms with E-state index in [1.54, 1.807) is 24.3 Å². The lowest BCUT2D eigenvalue weighted by atomic mass is 9.95. The maximum absolute atomic E-state index is 12.9. The molecule has 3 rings (SSSR count). The highest BCUT2D eigenvalue weighted by Gasteiger charge is 2.34. The first-order valence-electron chi connectivity index (χ1n) is 11.0. The number of amides is 1. The van der Waals surface area contributed by atoms with E-state index in [1.807, 2.05) is 18.7 Å². The lowest BCUT2D eigenvalue weighted by molar-refractivity contribution is -0.384. The zero-order valence-corrected chi connectivity index (χ0v) is 21.4. The smallest absolute Gasteiger partial charge is 0.338 e. The number of nitrogens with one attached hydrogen (secondary N) is 2. The molecule has 0 unspecified atom stereocenters. The highest BCUT2D eigenvalue weighted by molar-refractivity contribution is 7.80. The molecule has 1 heterocycles. The number of allylic oxidation sites excluding steroid dienone is 1. The van der Waals surface area contributed by atoms with Gasteiger partial charge in [0.25, 0.3) is 11.6 Å². The molecule has 0 aliphatic carbocycles. The second kappa shape index (κ2) is 11.9. The van der Waals surface area contributed by atoms with Gasteiger partial charge >= 0.3 is 5.97 Å². The van der Waals surface area contributed by atoms with Crippen molar-refractivity contribution in [2.75, 3.05) is 32.2 Å². The molecule has 0 aromatic heterocycles. The molecule has 190 valence electrons. The van der Waals surface area contributed by atoms with Crippen LogP contribution in [0.4, 0.5) is 11.4 Å². The number of nitro benzene ring substituents is 1. The molecular formula is C24H25ClN4O6S. The van der Waals surface area contributed by atoms with Crippen LogP contribution >= 0.6 is 23.8 Å². The summed E-state index contributed by atoms with van der Waals surface area (Å²) in [6, 6.07) is 10.1. The molecule has 0 radical (unpaired) electrons. The molecule has 2 aromatic rings. The van der Waals surface area contributed by atoms with Crippen molar-refractivity contribution in [3.63, 3.8) is 0 Å². The van der Waals surface area contributed by atoms with Crippen LogP contribution in [0.25, 0.3) is 0 Å². The SMILES string of the molecule is CCN1C(=S)N[C@@H](c2ccc(NC(=O)c3ccc(Cl)c([N+](=O)[O-])c3)cc2)C(C(=O)OCCOC)=C1C. The summed E-state index contributed by atoms with van der Waals surface area (Å²) in [7, 11) is 1.52. The Balaban J connectivity index is 1.83. The summed E-state index contributed by atoms with van der Waals surface area (Å²) >= 11 is 11.3. The predicted molar refractivity (Wildman–Crippen MR) is 139 cm³/mol. The number of methoxy groups -OCH3 is 1. The summed E-state index contributed by atoms with van der Waals surface area (Å²) in [5, 5.41) is 17.4. The van der Waals surface area contributed by atoms with Gasteiger partial charge in [-0.15, -0.1) is 0 Å². The number of esters is 1. The third kappa shape index (κ3) is 5.99. The second-order valence-electron chi connectivity index (χ2n) is 7.75. The fourth-order valence-electron chi connectivity index (χ4n) is 3.73. The van der Waals surface area contributed by atoms with Gasteiger partial charge in [0.05, 0.1) is 23.1 Å². The second-order valence-corrected chi connectivity index (χ2v) is 8.55. The first kappa shape index (κ1) is 27.1. The van der Waals surface area contributed by atoms with Crippen molar-refractivity contribution in [3.8, 4) is 0 Å². The number of nitrogens with zero attached hydrogens (tertiary/aromatic N) is 2. The van der Waals surface area contributed by atoms with Gasteiger partial charge in [0, 0.05) is 36.7 Å². The first-order chi connectivity index (χ1) is 17.2.